The Bertz CT molecular complexity index is 109. The van der Waals surface area contributed by atoms with E-state index >= 15 is 0 Å². The molecule has 2 aliphatic heterocycles. The number of thioether (sulfide) groups is 1. The molecule has 0 aromatic rings. The molecule has 0 aromatic heterocycles. The third kappa shape index (κ3) is 1.71. The van der Waals surface area contributed by atoms with Crippen molar-refractivity contribution in [1.82, 2.24) is 5.32 Å². The first kappa shape index (κ1) is 7.90. The standard InChI is InChI=1S/C8H15NOS/c1-3-8(7-11-6-1)9-4-2-5-10-8/h9H,1-7H2. The number of hydrogen-bond acceptors (Lipinski definition) is 3. The number of ether oxygens (including phenoxy) is 1. The van der Waals surface area contributed by atoms with Crippen LogP contribution in [0.15, 0.2) is 0 Å². The highest BCUT2D eigenvalue weighted by Crippen LogP contribution is 2.29. The average molecular weight is 173 g/mol. The van der Waals surface area contributed by atoms with Gasteiger partial charge in [-0.1, -0.05) is 0 Å². The van der Waals surface area contributed by atoms with E-state index in [-0.39, 0.29) is 5.72 Å². The maximum Gasteiger partial charge on any atom is 0.128 e. The molecule has 0 amide bonds. The van der Waals surface area contributed by atoms with Crippen molar-refractivity contribution in [2.45, 2.75) is 25.0 Å². The van der Waals surface area contributed by atoms with E-state index in [1.165, 1.54) is 25.0 Å². The lowest BCUT2D eigenvalue weighted by Crippen LogP contribution is -2.55. The number of hydrogen-bond donors (Lipinski definition) is 1. The molecular formula is C8H15NOS. The fraction of sp³-hybridized carbons (Fsp3) is 1.00. The molecule has 2 nitrogen and oxygen atoms in total. The summed E-state index contributed by atoms with van der Waals surface area (Å²) in [6.45, 7) is 2.09. The Morgan fingerprint density at radius 3 is 3.00 bits per heavy atom. The molecule has 2 saturated heterocycles. The van der Waals surface area contributed by atoms with Gasteiger partial charge >= 0.3 is 0 Å². The quantitative estimate of drug-likeness (QED) is 0.595. The molecule has 1 unspecified atom stereocenters. The normalized spacial score (nSPS) is 39.3. The molecule has 2 fully saturated rings. The zero-order valence-corrected chi connectivity index (χ0v) is 7.58. The Labute approximate surface area is 72.1 Å². The summed E-state index contributed by atoms with van der Waals surface area (Å²) in [4.78, 5) is 0. The lowest BCUT2D eigenvalue weighted by atomic mass is 10.1. The molecular weight excluding hydrogens is 158 g/mol. The highest BCUT2D eigenvalue weighted by molar-refractivity contribution is 7.99. The maximum absolute atomic E-state index is 5.77. The van der Waals surface area contributed by atoms with Crippen molar-refractivity contribution in [3.05, 3.63) is 0 Å². The predicted molar refractivity (Wildman–Crippen MR) is 47.9 cm³/mol. The summed E-state index contributed by atoms with van der Waals surface area (Å²) in [5.74, 6) is 2.46. The van der Waals surface area contributed by atoms with Gasteiger partial charge in [-0.25, -0.2) is 0 Å². The summed E-state index contributed by atoms with van der Waals surface area (Å²) in [6, 6.07) is 0. The first-order chi connectivity index (χ1) is 5.41. The topological polar surface area (TPSA) is 21.3 Å². The second-order valence-electron chi connectivity index (χ2n) is 3.28. The predicted octanol–water partition coefficient (Wildman–Crippen LogP) is 1.22. The number of rotatable bonds is 0. The Morgan fingerprint density at radius 1 is 1.36 bits per heavy atom. The van der Waals surface area contributed by atoms with E-state index in [4.69, 9.17) is 4.74 Å². The second kappa shape index (κ2) is 3.33. The minimum atomic E-state index is 0.0706. The van der Waals surface area contributed by atoms with Crippen molar-refractivity contribution in [3.63, 3.8) is 0 Å². The fourth-order valence-corrected chi connectivity index (χ4v) is 2.88. The monoisotopic (exact) mass is 173 g/mol. The van der Waals surface area contributed by atoms with Crippen LogP contribution in [0.5, 0.6) is 0 Å². The van der Waals surface area contributed by atoms with E-state index in [1.807, 2.05) is 11.8 Å². The minimum absolute atomic E-state index is 0.0706. The van der Waals surface area contributed by atoms with Gasteiger partial charge in [0.25, 0.3) is 0 Å². The Kier molecular flexibility index (Phi) is 2.39. The molecule has 2 aliphatic rings. The molecule has 0 saturated carbocycles. The zero-order valence-electron chi connectivity index (χ0n) is 6.77. The molecule has 3 heteroatoms. The van der Waals surface area contributed by atoms with Gasteiger partial charge in [-0.15, -0.1) is 0 Å². The SMILES string of the molecule is C1CNC2(CCCSC2)OC1. The van der Waals surface area contributed by atoms with Crippen LogP contribution in [0, 0.1) is 0 Å². The van der Waals surface area contributed by atoms with Crippen LogP contribution in [-0.4, -0.2) is 30.4 Å². The minimum Gasteiger partial charge on any atom is -0.360 e. The van der Waals surface area contributed by atoms with Gasteiger partial charge in [0.2, 0.25) is 0 Å². The highest BCUT2D eigenvalue weighted by Gasteiger charge is 2.34. The van der Waals surface area contributed by atoms with Crippen molar-refractivity contribution in [1.29, 1.82) is 0 Å². The van der Waals surface area contributed by atoms with Crippen molar-refractivity contribution in [2.75, 3.05) is 24.7 Å². The smallest absolute Gasteiger partial charge is 0.128 e. The van der Waals surface area contributed by atoms with Crippen molar-refractivity contribution in [2.24, 2.45) is 0 Å². The van der Waals surface area contributed by atoms with Crippen molar-refractivity contribution >= 4 is 11.8 Å². The van der Waals surface area contributed by atoms with Crippen LogP contribution in [0.4, 0.5) is 0 Å². The lowest BCUT2D eigenvalue weighted by molar-refractivity contribution is -0.0849. The zero-order chi connectivity index (χ0) is 7.57. The molecule has 64 valence electrons. The van der Waals surface area contributed by atoms with Crippen molar-refractivity contribution in [3.8, 4) is 0 Å². The van der Waals surface area contributed by atoms with Gasteiger partial charge < -0.3 is 4.74 Å². The Hall–Kier alpha value is 0.270. The second-order valence-corrected chi connectivity index (χ2v) is 4.38. The van der Waals surface area contributed by atoms with Crippen LogP contribution in [0.25, 0.3) is 0 Å². The van der Waals surface area contributed by atoms with Crippen LogP contribution in [-0.2, 0) is 4.74 Å². The molecule has 0 bridgehead atoms. The van der Waals surface area contributed by atoms with E-state index in [9.17, 15) is 0 Å². The Balaban J connectivity index is 1.94. The average Bonchev–Trinajstić information content (AvgIpc) is 2.07. The molecule has 0 radical (unpaired) electrons. The molecule has 0 aliphatic carbocycles. The largest absolute Gasteiger partial charge is 0.360 e. The molecule has 2 rings (SSSR count). The van der Waals surface area contributed by atoms with Crippen molar-refractivity contribution < 1.29 is 4.74 Å². The third-order valence-electron chi connectivity index (χ3n) is 2.35. The summed E-state index contributed by atoms with van der Waals surface area (Å²) in [5.41, 5.74) is 0.0706. The molecule has 0 aromatic carbocycles. The first-order valence-corrected chi connectivity index (χ1v) is 5.54. The van der Waals surface area contributed by atoms with Gasteiger partial charge in [-0.3, -0.25) is 5.32 Å². The van der Waals surface area contributed by atoms with E-state index in [1.54, 1.807) is 0 Å². The van der Waals surface area contributed by atoms with Gasteiger partial charge in [-0.05, 0) is 31.6 Å². The lowest BCUT2D eigenvalue weighted by Gasteiger charge is -2.40. The Morgan fingerprint density at radius 2 is 2.36 bits per heavy atom. The van der Waals surface area contributed by atoms with Gasteiger partial charge in [0.05, 0.1) is 6.61 Å². The van der Waals surface area contributed by atoms with Gasteiger partial charge in [0, 0.05) is 5.75 Å². The van der Waals surface area contributed by atoms with Gasteiger partial charge in [0.15, 0.2) is 0 Å². The van der Waals surface area contributed by atoms with E-state index in [0.29, 0.717) is 0 Å². The summed E-state index contributed by atoms with van der Waals surface area (Å²) in [7, 11) is 0. The van der Waals surface area contributed by atoms with Gasteiger partial charge in [-0.2, -0.15) is 11.8 Å². The maximum atomic E-state index is 5.77. The van der Waals surface area contributed by atoms with E-state index in [0.717, 1.165) is 18.9 Å². The van der Waals surface area contributed by atoms with Crippen LogP contribution < -0.4 is 5.32 Å². The summed E-state index contributed by atoms with van der Waals surface area (Å²) < 4.78 is 5.77. The van der Waals surface area contributed by atoms with E-state index < -0.39 is 0 Å². The van der Waals surface area contributed by atoms with Crippen LogP contribution in [0.1, 0.15) is 19.3 Å². The third-order valence-corrected chi connectivity index (χ3v) is 3.60. The van der Waals surface area contributed by atoms with Crippen LogP contribution in [0.3, 0.4) is 0 Å². The van der Waals surface area contributed by atoms with Crippen LogP contribution in [0.2, 0.25) is 0 Å². The molecule has 2 heterocycles. The highest BCUT2D eigenvalue weighted by atomic mass is 32.2. The van der Waals surface area contributed by atoms with Crippen LogP contribution >= 0.6 is 11.8 Å². The van der Waals surface area contributed by atoms with Gasteiger partial charge in [0.1, 0.15) is 5.72 Å². The molecule has 11 heavy (non-hydrogen) atoms. The number of nitrogens with one attached hydrogen (secondary N) is 1. The summed E-state index contributed by atoms with van der Waals surface area (Å²) in [6.07, 6.45) is 3.68. The molecule has 1 N–H and O–H groups in total. The molecule has 1 atom stereocenters. The fourth-order valence-electron chi connectivity index (χ4n) is 1.73. The summed E-state index contributed by atoms with van der Waals surface area (Å²) in [5, 5.41) is 3.49. The summed E-state index contributed by atoms with van der Waals surface area (Å²) >= 11 is 2.01. The van der Waals surface area contributed by atoms with E-state index in [2.05, 4.69) is 5.32 Å². The molecule has 1 spiro atoms. The first-order valence-electron chi connectivity index (χ1n) is 4.38.